The van der Waals surface area contributed by atoms with Gasteiger partial charge in [-0.05, 0) is 18.1 Å². The Morgan fingerprint density at radius 3 is 2.75 bits per heavy atom. The van der Waals surface area contributed by atoms with E-state index in [0.717, 1.165) is 23.6 Å². The molecule has 0 fully saturated rings. The Bertz CT molecular complexity index is 240. The molecule has 0 aliphatic carbocycles. The van der Waals surface area contributed by atoms with Crippen molar-refractivity contribution in [2.24, 2.45) is 0 Å². The third-order valence-corrected chi connectivity index (χ3v) is 2.01. The number of aliphatic hydroxyl groups is 1. The summed E-state index contributed by atoms with van der Waals surface area (Å²) in [7, 11) is 0. The van der Waals surface area contributed by atoms with E-state index in [-0.39, 0.29) is 6.73 Å². The maximum atomic E-state index is 8.47. The molecule has 2 N–H and O–H groups in total. The molecule has 0 saturated carbocycles. The third-order valence-electron chi connectivity index (χ3n) is 1.64. The lowest BCUT2D eigenvalue weighted by Gasteiger charge is -2.03. The van der Waals surface area contributed by atoms with Crippen molar-refractivity contribution >= 4 is 11.6 Å². The lowest BCUT2D eigenvalue weighted by atomic mass is 10.1. The van der Waals surface area contributed by atoms with Crippen LogP contribution >= 0.6 is 11.6 Å². The lowest BCUT2D eigenvalue weighted by Crippen LogP contribution is -2.17. The first-order chi connectivity index (χ1) is 5.84. The van der Waals surface area contributed by atoms with Crippen molar-refractivity contribution in [3.8, 4) is 0 Å². The van der Waals surface area contributed by atoms with Gasteiger partial charge < -0.3 is 5.11 Å². The molecule has 0 atom stereocenters. The fraction of sp³-hybridized carbons (Fsp3) is 0.333. The van der Waals surface area contributed by atoms with Crippen LogP contribution in [0.4, 0.5) is 0 Å². The number of nitrogens with one attached hydrogen (secondary N) is 1. The fourth-order valence-electron chi connectivity index (χ4n) is 1.00. The van der Waals surface area contributed by atoms with Crippen molar-refractivity contribution in [1.82, 2.24) is 5.32 Å². The molecule has 0 radical (unpaired) electrons. The Labute approximate surface area is 77.2 Å². The maximum Gasteiger partial charge on any atom is 0.0931 e. The second kappa shape index (κ2) is 5.14. The Morgan fingerprint density at radius 2 is 2.08 bits per heavy atom. The smallest absolute Gasteiger partial charge is 0.0931 e. The second-order valence-corrected chi connectivity index (χ2v) is 2.91. The van der Waals surface area contributed by atoms with Crippen LogP contribution in [0.25, 0.3) is 0 Å². The number of halogens is 1. The van der Waals surface area contributed by atoms with Crippen molar-refractivity contribution in [2.75, 3.05) is 13.3 Å². The van der Waals surface area contributed by atoms with Crippen molar-refractivity contribution < 1.29 is 5.11 Å². The summed E-state index contributed by atoms with van der Waals surface area (Å²) in [5.41, 5.74) is 1.11. The number of aliphatic hydroxyl groups excluding tert-OH is 1. The SMILES string of the molecule is OCNCCc1ccccc1Cl. The molecule has 0 aliphatic heterocycles. The maximum absolute atomic E-state index is 8.47. The van der Waals surface area contributed by atoms with Gasteiger partial charge in [0.1, 0.15) is 0 Å². The van der Waals surface area contributed by atoms with Crippen LogP contribution in [0.3, 0.4) is 0 Å². The third kappa shape index (κ3) is 2.81. The zero-order chi connectivity index (χ0) is 8.81. The lowest BCUT2D eigenvalue weighted by molar-refractivity contribution is 0.262. The average molecular weight is 186 g/mol. The van der Waals surface area contributed by atoms with Crippen molar-refractivity contribution in [1.29, 1.82) is 0 Å². The van der Waals surface area contributed by atoms with Gasteiger partial charge in [0.2, 0.25) is 0 Å². The summed E-state index contributed by atoms with van der Waals surface area (Å²) >= 11 is 5.91. The van der Waals surface area contributed by atoms with Crippen LogP contribution in [0.2, 0.25) is 5.02 Å². The number of hydrogen-bond acceptors (Lipinski definition) is 2. The van der Waals surface area contributed by atoms with Gasteiger partial charge in [0.15, 0.2) is 0 Å². The van der Waals surface area contributed by atoms with Gasteiger partial charge in [-0.1, -0.05) is 29.8 Å². The molecule has 66 valence electrons. The zero-order valence-corrected chi connectivity index (χ0v) is 7.51. The molecule has 2 nitrogen and oxygen atoms in total. The molecule has 1 aromatic rings. The Balaban J connectivity index is 2.46. The van der Waals surface area contributed by atoms with Crippen LogP contribution in [0.15, 0.2) is 24.3 Å². The van der Waals surface area contributed by atoms with Crippen LogP contribution < -0.4 is 5.32 Å². The van der Waals surface area contributed by atoms with Crippen molar-refractivity contribution in [3.63, 3.8) is 0 Å². The van der Waals surface area contributed by atoms with Gasteiger partial charge in [-0.15, -0.1) is 0 Å². The van der Waals surface area contributed by atoms with Gasteiger partial charge in [-0.3, -0.25) is 5.32 Å². The summed E-state index contributed by atoms with van der Waals surface area (Å²) in [4.78, 5) is 0. The molecule has 0 heterocycles. The van der Waals surface area contributed by atoms with Gasteiger partial charge in [0, 0.05) is 11.6 Å². The van der Waals surface area contributed by atoms with Crippen LogP contribution in [-0.4, -0.2) is 18.4 Å². The summed E-state index contributed by atoms with van der Waals surface area (Å²) in [6.07, 6.45) is 0.847. The van der Waals surface area contributed by atoms with Crippen molar-refractivity contribution in [3.05, 3.63) is 34.9 Å². The minimum atomic E-state index is 0.0183. The molecule has 0 aromatic heterocycles. The fourth-order valence-corrected chi connectivity index (χ4v) is 1.23. The molecular weight excluding hydrogens is 174 g/mol. The zero-order valence-electron chi connectivity index (χ0n) is 6.76. The van der Waals surface area contributed by atoms with E-state index in [1.165, 1.54) is 0 Å². The van der Waals surface area contributed by atoms with Crippen LogP contribution in [-0.2, 0) is 6.42 Å². The highest BCUT2D eigenvalue weighted by atomic mass is 35.5. The highest BCUT2D eigenvalue weighted by Crippen LogP contribution is 2.14. The first-order valence-corrected chi connectivity index (χ1v) is 4.27. The molecular formula is C9H12ClNO. The summed E-state index contributed by atoms with van der Waals surface area (Å²) in [6.45, 7) is 0.769. The summed E-state index contributed by atoms with van der Waals surface area (Å²) in [6, 6.07) is 7.72. The normalized spacial score (nSPS) is 10.2. The van der Waals surface area contributed by atoms with E-state index in [1.54, 1.807) is 0 Å². The topological polar surface area (TPSA) is 32.3 Å². The highest BCUT2D eigenvalue weighted by molar-refractivity contribution is 6.31. The molecule has 0 aliphatic rings. The number of rotatable bonds is 4. The van der Waals surface area contributed by atoms with E-state index >= 15 is 0 Å². The van der Waals surface area contributed by atoms with E-state index in [2.05, 4.69) is 5.32 Å². The van der Waals surface area contributed by atoms with E-state index in [1.807, 2.05) is 24.3 Å². The van der Waals surface area contributed by atoms with E-state index in [0.29, 0.717) is 0 Å². The molecule has 1 rings (SSSR count). The quantitative estimate of drug-likeness (QED) is 0.550. The molecule has 0 spiro atoms. The Hall–Kier alpha value is -0.570. The summed E-state index contributed by atoms with van der Waals surface area (Å²) < 4.78 is 0. The molecule has 0 unspecified atom stereocenters. The molecule has 0 amide bonds. The van der Waals surface area contributed by atoms with Gasteiger partial charge in [0.25, 0.3) is 0 Å². The molecule has 3 heteroatoms. The van der Waals surface area contributed by atoms with Gasteiger partial charge in [0.05, 0.1) is 6.73 Å². The minimum Gasteiger partial charge on any atom is -0.381 e. The highest BCUT2D eigenvalue weighted by Gasteiger charge is 1.96. The minimum absolute atomic E-state index is 0.0183. The molecule has 0 saturated heterocycles. The first-order valence-electron chi connectivity index (χ1n) is 3.89. The summed E-state index contributed by atoms with van der Waals surface area (Å²) in [5, 5.41) is 12.1. The van der Waals surface area contributed by atoms with Crippen LogP contribution in [0.5, 0.6) is 0 Å². The Kier molecular flexibility index (Phi) is 4.08. The standard InChI is InChI=1S/C9H12ClNO/c10-9-4-2-1-3-8(9)5-6-11-7-12/h1-4,11-12H,5-7H2. The largest absolute Gasteiger partial charge is 0.381 e. The molecule has 0 bridgehead atoms. The van der Waals surface area contributed by atoms with Crippen LogP contribution in [0.1, 0.15) is 5.56 Å². The predicted molar refractivity (Wildman–Crippen MR) is 50.2 cm³/mol. The van der Waals surface area contributed by atoms with Gasteiger partial charge in [-0.2, -0.15) is 0 Å². The average Bonchev–Trinajstić information content (AvgIpc) is 2.09. The first kappa shape index (κ1) is 9.52. The van der Waals surface area contributed by atoms with E-state index in [4.69, 9.17) is 16.7 Å². The van der Waals surface area contributed by atoms with E-state index < -0.39 is 0 Å². The predicted octanol–water partition coefficient (Wildman–Crippen LogP) is 1.42. The van der Waals surface area contributed by atoms with E-state index in [9.17, 15) is 0 Å². The van der Waals surface area contributed by atoms with Crippen LogP contribution in [0, 0.1) is 0 Å². The number of hydrogen-bond donors (Lipinski definition) is 2. The number of benzene rings is 1. The molecule has 12 heavy (non-hydrogen) atoms. The summed E-state index contributed by atoms with van der Waals surface area (Å²) in [5.74, 6) is 0. The second-order valence-electron chi connectivity index (χ2n) is 2.50. The monoisotopic (exact) mass is 185 g/mol. The van der Waals surface area contributed by atoms with Gasteiger partial charge >= 0.3 is 0 Å². The van der Waals surface area contributed by atoms with Crippen molar-refractivity contribution in [2.45, 2.75) is 6.42 Å². The Morgan fingerprint density at radius 1 is 1.33 bits per heavy atom. The molecule has 1 aromatic carbocycles. The van der Waals surface area contributed by atoms with Gasteiger partial charge in [-0.25, -0.2) is 0 Å².